The number of nitrogens with zero attached hydrogens (tertiary/aromatic N) is 1. The molecule has 0 unspecified atom stereocenters. The van der Waals surface area contributed by atoms with Gasteiger partial charge in [-0.25, -0.2) is 0 Å². The average molecular weight is 211 g/mol. The molecule has 2 rings (SSSR count). The van der Waals surface area contributed by atoms with Gasteiger partial charge in [0, 0.05) is 25.0 Å². The summed E-state index contributed by atoms with van der Waals surface area (Å²) in [6.45, 7) is 0.681. The number of nitrogens with two attached hydrogens (primary N) is 1. The van der Waals surface area contributed by atoms with Crippen LogP contribution in [0.5, 0.6) is 0 Å². The Labute approximate surface area is 89.0 Å². The van der Waals surface area contributed by atoms with Crippen molar-refractivity contribution in [3.63, 3.8) is 0 Å². The lowest BCUT2D eigenvalue weighted by Crippen LogP contribution is -2.50. The molecule has 84 valence electrons. The van der Waals surface area contributed by atoms with E-state index in [1.165, 1.54) is 0 Å². The number of likely N-dealkylation sites (tertiary alicyclic amines) is 1. The van der Waals surface area contributed by atoms with Crippen LogP contribution in [0.4, 0.5) is 0 Å². The first-order valence-electron chi connectivity index (χ1n) is 5.48. The van der Waals surface area contributed by atoms with Crippen LogP contribution in [0.1, 0.15) is 25.7 Å². The molecule has 1 saturated carbocycles. The van der Waals surface area contributed by atoms with E-state index in [2.05, 4.69) is 5.32 Å². The minimum Gasteiger partial charge on any atom is -0.352 e. The summed E-state index contributed by atoms with van der Waals surface area (Å²) in [5, 5.41) is 2.86. The standard InChI is InChI=1S/C10H17N3O2/c11-7-1-4-10(15)13(5-7)6-9(14)12-8-2-3-8/h7-8H,1-6,11H2,(H,12,14)/t7-/m1/s1. The van der Waals surface area contributed by atoms with Crippen LogP contribution in [0.25, 0.3) is 0 Å². The molecule has 5 nitrogen and oxygen atoms in total. The Balaban J connectivity index is 1.80. The van der Waals surface area contributed by atoms with Crippen LogP contribution >= 0.6 is 0 Å². The lowest BCUT2D eigenvalue weighted by molar-refractivity contribution is -0.138. The van der Waals surface area contributed by atoms with Gasteiger partial charge in [-0.3, -0.25) is 9.59 Å². The normalized spacial score (nSPS) is 26.6. The first-order chi connectivity index (χ1) is 7.15. The van der Waals surface area contributed by atoms with E-state index in [0.717, 1.165) is 19.3 Å². The molecule has 2 amide bonds. The summed E-state index contributed by atoms with van der Waals surface area (Å²) in [7, 11) is 0. The number of piperidine rings is 1. The predicted molar refractivity (Wildman–Crippen MR) is 55.0 cm³/mol. The van der Waals surface area contributed by atoms with Crippen molar-refractivity contribution < 1.29 is 9.59 Å². The van der Waals surface area contributed by atoms with Crippen LogP contribution in [0, 0.1) is 0 Å². The van der Waals surface area contributed by atoms with Crippen molar-refractivity contribution in [2.24, 2.45) is 5.73 Å². The topological polar surface area (TPSA) is 75.4 Å². The minimum absolute atomic E-state index is 0.0245. The molecule has 1 saturated heterocycles. The molecule has 3 N–H and O–H groups in total. The molecule has 0 spiro atoms. The van der Waals surface area contributed by atoms with Gasteiger partial charge < -0.3 is 16.0 Å². The third kappa shape index (κ3) is 2.92. The number of hydrogen-bond acceptors (Lipinski definition) is 3. The van der Waals surface area contributed by atoms with E-state index in [1.807, 2.05) is 0 Å². The fourth-order valence-electron chi connectivity index (χ4n) is 1.77. The Kier molecular flexibility index (Phi) is 2.90. The first-order valence-corrected chi connectivity index (χ1v) is 5.48. The third-order valence-corrected chi connectivity index (χ3v) is 2.81. The number of hydrogen-bond donors (Lipinski definition) is 2. The monoisotopic (exact) mass is 211 g/mol. The summed E-state index contributed by atoms with van der Waals surface area (Å²) in [5.41, 5.74) is 5.75. The maximum atomic E-state index is 11.5. The molecule has 1 atom stereocenters. The van der Waals surface area contributed by atoms with Crippen LogP contribution in [-0.4, -0.2) is 41.9 Å². The van der Waals surface area contributed by atoms with Crippen molar-refractivity contribution in [2.75, 3.05) is 13.1 Å². The van der Waals surface area contributed by atoms with Crippen molar-refractivity contribution in [1.29, 1.82) is 0 Å². The fraction of sp³-hybridized carbons (Fsp3) is 0.800. The number of amides is 2. The molecule has 0 bridgehead atoms. The number of carbonyl (C=O) groups is 2. The van der Waals surface area contributed by atoms with E-state index >= 15 is 0 Å². The van der Waals surface area contributed by atoms with Gasteiger partial charge in [0.2, 0.25) is 11.8 Å². The van der Waals surface area contributed by atoms with Crippen LogP contribution in [0.15, 0.2) is 0 Å². The molecule has 5 heteroatoms. The molecule has 1 heterocycles. The molecule has 0 aromatic rings. The van der Waals surface area contributed by atoms with E-state index in [-0.39, 0.29) is 24.4 Å². The third-order valence-electron chi connectivity index (χ3n) is 2.81. The van der Waals surface area contributed by atoms with Gasteiger partial charge >= 0.3 is 0 Å². The number of rotatable bonds is 3. The second-order valence-electron chi connectivity index (χ2n) is 4.41. The SMILES string of the molecule is N[C@@H]1CCC(=O)N(CC(=O)NC2CC2)C1. The molecule has 0 aromatic carbocycles. The lowest BCUT2D eigenvalue weighted by atomic mass is 10.1. The minimum atomic E-state index is -0.0556. The van der Waals surface area contributed by atoms with Gasteiger partial charge in [-0.15, -0.1) is 0 Å². The first kappa shape index (κ1) is 10.4. The second-order valence-corrected chi connectivity index (χ2v) is 4.41. The van der Waals surface area contributed by atoms with Gasteiger partial charge in [0.15, 0.2) is 0 Å². The number of nitrogens with one attached hydrogen (secondary N) is 1. The van der Waals surface area contributed by atoms with Gasteiger partial charge in [-0.2, -0.15) is 0 Å². The highest BCUT2D eigenvalue weighted by molar-refractivity contribution is 5.85. The molecule has 0 aromatic heterocycles. The molecule has 2 aliphatic rings. The van der Waals surface area contributed by atoms with Crippen LogP contribution in [-0.2, 0) is 9.59 Å². The Morgan fingerprint density at radius 2 is 2.20 bits per heavy atom. The van der Waals surface area contributed by atoms with Gasteiger partial charge in [-0.1, -0.05) is 0 Å². The van der Waals surface area contributed by atoms with Gasteiger partial charge in [-0.05, 0) is 19.3 Å². The maximum absolute atomic E-state index is 11.5. The lowest BCUT2D eigenvalue weighted by Gasteiger charge is -2.30. The summed E-state index contributed by atoms with van der Waals surface area (Å²) in [6.07, 6.45) is 3.34. The van der Waals surface area contributed by atoms with E-state index < -0.39 is 0 Å². The summed E-state index contributed by atoms with van der Waals surface area (Å²) in [4.78, 5) is 24.5. The van der Waals surface area contributed by atoms with Crippen LogP contribution in [0.3, 0.4) is 0 Å². The summed E-state index contributed by atoms with van der Waals surface area (Å²) < 4.78 is 0. The van der Waals surface area contributed by atoms with Gasteiger partial charge in [0.1, 0.15) is 0 Å². The Bertz CT molecular complexity index is 276. The molecule has 2 fully saturated rings. The molecular formula is C10H17N3O2. The highest BCUT2D eigenvalue weighted by Crippen LogP contribution is 2.18. The molecule has 1 aliphatic heterocycles. The van der Waals surface area contributed by atoms with Crippen LogP contribution < -0.4 is 11.1 Å². The van der Waals surface area contributed by atoms with E-state index in [9.17, 15) is 9.59 Å². The Morgan fingerprint density at radius 1 is 1.47 bits per heavy atom. The van der Waals surface area contributed by atoms with E-state index in [4.69, 9.17) is 5.73 Å². The zero-order valence-corrected chi connectivity index (χ0v) is 8.74. The van der Waals surface area contributed by atoms with Gasteiger partial charge in [0.25, 0.3) is 0 Å². The number of carbonyl (C=O) groups excluding carboxylic acids is 2. The Morgan fingerprint density at radius 3 is 2.87 bits per heavy atom. The summed E-state index contributed by atoms with van der Waals surface area (Å²) in [5.74, 6) is -0.0115. The summed E-state index contributed by atoms with van der Waals surface area (Å²) >= 11 is 0. The average Bonchev–Trinajstić information content (AvgIpc) is 2.95. The quantitative estimate of drug-likeness (QED) is 0.642. The highest BCUT2D eigenvalue weighted by atomic mass is 16.2. The largest absolute Gasteiger partial charge is 0.352 e. The van der Waals surface area contributed by atoms with Crippen molar-refractivity contribution in [1.82, 2.24) is 10.2 Å². The van der Waals surface area contributed by atoms with Crippen molar-refractivity contribution in [3.8, 4) is 0 Å². The zero-order valence-electron chi connectivity index (χ0n) is 8.74. The van der Waals surface area contributed by atoms with E-state index in [1.54, 1.807) is 4.90 Å². The smallest absolute Gasteiger partial charge is 0.239 e. The second kappa shape index (κ2) is 4.18. The van der Waals surface area contributed by atoms with E-state index in [0.29, 0.717) is 19.0 Å². The van der Waals surface area contributed by atoms with Crippen molar-refractivity contribution in [3.05, 3.63) is 0 Å². The Hall–Kier alpha value is -1.10. The fourth-order valence-corrected chi connectivity index (χ4v) is 1.77. The molecule has 15 heavy (non-hydrogen) atoms. The summed E-state index contributed by atoms with van der Waals surface area (Å²) in [6, 6.07) is 0.377. The predicted octanol–water partition coefficient (Wildman–Crippen LogP) is -0.785. The highest BCUT2D eigenvalue weighted by Gasteiger charge is 2.27. The molecule has 0 radical (unpaired) electrons. The molecule has 1 aliphatic carbocycles. The van der Waals surface area contributed by atoms with Gasteiger partial charge in [0.05, 0.1) is 6.54 Å². The molecular weight excluding hydrogens is 194 g/mol. The maximum Gasteiger partial charge on any atom is 0.239 e. The zero-order chi connectivity index (χ0) is 10.8. The van der Waals surface area contributed by atoms with Crippen molar-refractivity contribution in [2.45, 2.75) is 37.8 Å². The van der Waals surface area contributed by atoms with Crippen molar-refractivity contribution >= 4 is 11.8 Å². The van der Waals surface area contributed by atoms with Crippen LogP contribution in [0.2, 0.25) is 0 Å².